The van der Waals surface area contributed by atoms with Crippen molar-refractivity contribution >= 4 is 18.0 Å². The van der Waals surface area contributed by atoms with Gasteiger partial charge in [0, 0.05) is 35.7 Å². The summed E-state index contributed by atoms with van der Waals surface area (Å²) in [6.45, 7) is 12.4. The molecule has 0 bridgehead atoms. The first-order chi connectivity index (χ1) is 22.9. The number of carbonyl (C=O) groups is 2. The van der Waals surface area contributed by atoms with Crippen LogP contribution in [0.4, 0.5) is 0 Å². The van der Waals surface area contributed by atoms with Gasteiger partial charge in [-0.15, -0.1) is 6.58 Å². The largest absolute Gasteiger partial charge is 0.490 e. The van der Waals surface area contributed by atoms with Crippen molar-refractivity contribution in [1.29, 1.82) is 0 Å². The van der Waals surface area contributed by atoms with Crippen molar-refractivity contribution < 1.29 is 33.0 Å². The molecule has 1 fully saturated rings. The summed E-state index contributed by atoms with van der Waals surface area (Å²) in [5.41, 5.74) is 7.31. The van der Waals surface area contributed by atoms with Crippen LogP contribution in [-0.4, -0.2) is 67.0 Å². The van der Waals surface area contributed by atoms with Crippen molar-refractivity contribution in [2.24, 2.45) is 5.10 Å². The first-order valence-corrected chi connectivity index (χ1v) is 15.6. The molecule has 0 unspecified atom stereocenters. The monoisotopic (exact) mass is 640 g/mol. The predicted octanol–water partition coefficient (Wildman–Crippen LogP) is 5.39. The molecule has 0 radical (unpaired) electrons. The summed E-state index contributed by atoms with van der Waals surface area (Å²) in [5.74, 6) is 1.60. The summed E-state index contributed by atoms with van der Waals surface area (Å²) in [6, 6.07) is 18.8. The van der Waals surface area contributed by atoms with Gasteiger partial charge in [-0.25, -0.2) is 5.43 Å². The van der Waals surface area contributed by atoms with E-state index in [-0.39, 0.29) is 24.9 Å². The van der Waals surface area contributed by atoms with Crippen molar-refractivity contribution in [3.05, 3.63) is 107 Å². The SMILES string of the molecule is C=CCc1cc(/C=N/NC(=O)c2ccc(COc3ccc(-n4c(C)ccc4C)cc3)o2)cc(OCC)c1OCC(=O)N1CCOCC1. The van der Waals surface area contributed by atoms with Crippen molar-refractivity contribution in [1.82, 2.24) is 14.9 Å². The first kappa shape index (κ1) is 33.1. The topological polar surface area (TPSA) is 117 Å². The van der Waals surface area contributed by atoms with Gasteiger partial charge in [-0.3, -0.25) is 9.59 Å². The van der Waals surface area contributed by atoms with Crippen molar-refractivity contribution in [2.75, 3.05) is 39.5 Å². The molecule has 4 aromatic rings. The number of rotatable bonds is 14. The molecule has 2 aromatic heterocycles. The van der Waals surface area contributed by atoms with Crippen LogP contribution in [0.5, 0.6) is 17.2 Å². The summed E-state index contributed by atoms with van der Waals surface area (Å²) < 4.78 is 30.9. The molecule has 5 rings (SSSR count). The van der Waals surface area contributed by atoms with E-state index in [9.17, 15) is 9.59 Å². The van der Waals surface area contributed by atoms with Gasteiger partial charge in [-0.1, -0.05) is 6.08 Å². The van der Waals surface area contributed by atoms with Gasteiger partial charge in [-0.05, 0) is 93.4 Å². The van der Waals surface area contributed by atoms with E-state index in [0.717, 1.165) is 22.6 Å². The number of morpholine rings is 1. The molecule has 0 saturated carbocycles. The zero-order valence-corrected chi connectivity index (χ0v) is 27.0. The molecule has 2 aromatic carbocycles. The molecule has 1 aliphatic rings. The number of aromatic nitrogens is 1. The van der Waals surface area contributed by atoms with E-state index in [4.69, 9.17) is 23.4 Å². The van der Waals surface area contributed by atoms with Crippen LogP contribution in [0.15, 0.2) is 82.8 Å². The van der Waals surface area contributed by atoms with E-state index in [2.05, 4.69) is 47.7 Å². The van der Waals surface area contributed by atoms with Crippen LogP contribution in [0.1, 0.15) is 45.8 Å². The lowest BCUT2D eigenvalue weighted by Crippen LogP contribution is -2.43. The molecule has 0 spiro atoms. The summed E-state index contributed by atoms with van der Waals surface area (Å²) in [5, 5.41) is 4.12. The first-order valence-electron chi connectivity index (χ1n) is 15.6. The summed E-state index contributed by atoms with van der Waals surface area (Å²) in [4.78, 5) is 27.1. The van der Waals surface area contributed by atoms with Crippen LogP contribution in [0.25, 0.3) is 5.69 Å². The Morgan fingerprint density at radius 1 is 0.979 bits per heavy atom. The number of benzene rings is 2. The molecule has 1 aliphatic heterocycles. The fourth-order valence-electron chi connectivity index (χ4n) is 5.25. The maximum Gasteiger partial charge on any atom is 0.307 e. The molecule has 1 saturated heterocycles. The molecule has 3 heterocycles. The lowest BCUT2D eigenvalue weighted by atomic mass is 10.1. The molecular formula is C36H40N4O7. The molecule has 0 aliphatic carbocycles. The Kier molecular flexibility index (Phi) is 11.1. The highest BCUT2D eigenvalue weighted by Gasteiger charge is 2.20. The minimum atomic E-state index is -0.507. The zero-order valence-electron chi connectivity index (χ0n) is 27.0. The molecule has 1 N–H and O–H groups in total. The average molecular weight is 641 g/mol. The van der Waals surface area contributed by atoms with Crippen LogP contribution < -0.4 is 19.6 Å². The maximum absolute atomic E-state index is 12.7. The molecule has 11 heteroatoms. The van der Waals surface area contributed by atoms with Crippen LogP contribution in [0.3, 0.4) is 0 Å². The number of furan rings is 1. The van der Waals surface area contributed by atoms with Gasteiger partial charge in [0.1, 0.15) is 18.1 Å². The lowest BCUT2D eigenvalue weighted by Gasteiger charge is -2.27. The Balaban J connectivity index is 1.18. The van der Waals surface area contributed by atoms with Crippen molar-refractivity contribution in [2.45, 2.75) is 33.8 Å². The van der Waals surface area contributed by atoms with E-state index in [1.165, 1.54) is 6.21 Å². The molecular weight excluding hydrogens is 600 g/mol. The van der Waals surface area contributed by atoms with E-state index in [1.54, 1.807) is 29.2 Å². The Morgan fingerprint density at radius 2 is 1.72 bits per heavy atom. The van der Waals surface area contributed by atoms with E-state index >= 15 is 0 Å². The predicted molar refractivity (Wildman–Crippen MR) is 178 cm³/mol. The standard InChI is InChI=1S/C36H40N4O7/c1-5-7-28-20-27(21-33(44-6-2)35(28)46-24-34(41)39-16-18-43-19-17-39)22-37-38-36(42)32-15-14-31(47-32)23-45-30-12-10-29(11-13-30)40-25(3)8-9-26(40)4/h5,8-15,20-22H,1,6-7,16-19,23-24H2,2-4H3,(H,38,42)/b37-22+. The van der Waals surface area contributed by atoms with E-state index in [1.807, 2.05) is 37.3 Å². The third kappa shape index (κ3) is 8.50. The summed E-state index contributed by atoms with van der Waals surface area (Å²) in [6.07, 6.45) is 3.72. The fraction of sp³-hybridized carbons (Fsp3) is 0.306. The average Bonchev–Trinajstić information content (AvgIpc) is 3.70. The van der Waals surface area contributed by atoms with Gasteiger partial charge in [0.2, 0.25) is 0 Å². The Hall–Kier alpha value is -5.29. The Morgan fingerprint density at radius 3 is 2.43 bits per heavy atom. The number of hydrogen-bond acceptors (Lipinski definition) is 8. The maximum atomic E-state index is 12.7. The molecule has 2 amide bonds. The molecule has 246 valence electrons. The van der Waals surface area contributed by atoms with Crippen molar-refractivity contribution in [3.63, 3.8) is 0 Å². The molecule has 47 heavy (non-hydrogen) atoms. The number of carbonyl (C=O) groups excluding carboxylic acids is 2. The normalized spacial score (nSPS) is 13.0. The highest BCUT2D eigenvalue weighted by Crippen LogP contribution is 2.34. The number of nitrogens with one attached hydrogen (secondary N) is 1. The van der Waals surface area contributed by atoms with Gasteiger partial charge < -0.3 is 32.8 Å². The van der Waals surface area contributed by atoms with Gasteiger partial charge >= 0.3 is 5.91 Å². The second-order valence-electron chi connectivity index (χ2n) is 10.9. The highest BCUT2D eigenvalue weighted by atomic mass is 16.5. The Labute approximate surface area is 274 Å². The van der Waals surface area contributed by atoms with Crippen LogP contribution >= 0.6 is 0 Å². The number of aryl methyl sites for hydroxylation is 2. The minimum Gasteiger partial charge on any atom is -0.490 e. The molecule has 11 nitrogen and oxygen atoms in total. The Bertz CT molecular complexity index is 1700. The van der Waals surface area contributed by atoms with Crippen molar-refractivity contribution in [3.8, 4) is 22.9 Å². The number of nitrogens with zero attached hydrogens (tertiary/aromatic N) is 3. The highest BCUT2D eigenvalue weighted by molar-refractivity contribution is 5.92. The molecule has 0 atom stereocenters. The van der Waals surface area contributed by atoms with Gasteiger partial charge in [0.15, 0.2) is 23.9 Å². The van der Waals surface area contributed by atoms with E-state index in [0.29, 0.717) is 67.9 Å². The smallest absolute Gasteiger partial charge is 0.307 e. The van der Waals surface area contributed by atoms with Crippen LogP contribution in [0.2, 0.25) is 0 Å². The van der Waals surface area contributed by atoms with Gasteiger partial charge in [0.25, 0.3) is 5.91 Å². The third-order valence-corrected chi connectivity index (χ3v) is 7.53. The summed E-state index contributed by atoms with van der Waals surface area (Å²) >= 11 is 0. The summed E-state index contributed by atoms with van der Waals surface area (Å²) in [7, 11) is 0. The fourth-order valence-corrected chi connectivity index (χ4v) is 5.25. The lowest BCUT2D eigenvalue weighted by molar-refractivity contribution is -0.137. The van der Waals surface area contributed by atoms with Crippen LogP contribution in [-0.2, 0) is 22.6 Å². The van der Waals surface area contributed by atoms with E-state index < -0.39 is 5.91 Å². The van der Waals surface area contributed by atoms with Crippen LogP contribution in [0, 0.1) is 13.8 Å². The number of hydrogen-bond donors (Lipinski definition) is 1. The third-order valence-electron chi connectivity index (χ3n) is 7.53. The van der Waals surface area contributed by atoms with Gasteiger partial charge in [-0.2, -0.15) is 5.10 Å². The minimum absolute atomic E-state index is 0.102. The second-order valence-corrected chi connectivity index (χ2v) is 10.9. The second kappa shape index (κ2) is 15.8. The number of ether oxygens (including phenoxy) is 4. The number of hydrazone groups is 1. The number of allylic oxidation sites excluding steroid dienone is 1. The zero-order chi connectivity index (χ0) is 33.2. The number of amides is 2. The quantitative estimate of drug-likeness (QED) is 0.112. The van der Waals surface area contributed by atoms with Gasteiger partial charge in [0.05, 0.1) is 26.0 Å².